The van der Waals surface area contributed by atoms with E-state index in [0.29, 0.717) is 11.3 Å². The van der Waals surface area contributed by atoms with Crippen LogP contribution in [0.3, 0.4) is 0 Å². The monoisotopic (exact) mass is 704 g/mol. The zero-order chi connectivity index (χ0) is 37.3. The maximum Gasteiger partial charge on any atom is 0.407 e. The minimum Gasteiger partial charge on any atom is -0.460 e. The van der Waals surface area contributed by atoms with E-state index in [1.54, 1.807) is 24.3 Å². The van der Waals surface area contributed by atoms with Gasteiger partial charge in [0.1, 0.15) is 39.6 Å². The molecule has 0 aliphatic heterocycles. The molecular weight excluding hydrogens is 660 g/mol. The Hall–Kier alpha value is -5.94. The SMILES string of the molecule is C=C(C)C(=O)OCCNC(=O)OCCN(CCOC(=O)NCCOC(=O)C(=C)C)/N=N/c1ccc(COC(=O)NCCOC(=O)C(=C)C)cc1. The molecule has 0 unspecified atom stereocenters. The lowest BCUT2D eigenvalue weighted by molar-refractivity contribution is -0.139. The largest absolute Gasteiger partial charge is 0.460 e. The summed E-state index contributed by atoms with van der Waals surface area (Å²) in [6, 6.07) is 6.60. The minimum atomic E-state index is -0.756. The van der Waals surface area contributed by atoms with Gasteiger partial charge in [0.2, 0.25) is 0 Å². The smallest absolute Gasteiger partial charge is 0.407 e. The van der Waals surface area contributed by atoms with Crippen LogP contribution in [-0.2, 0) is 49.4 Å². The molecule has 0 aliphatic carbocycles. The van der Waals surface area contributed by atoms with Gasteiger partial charge in [-0.2, -0.15) is 0 Å². The number of ether oxygens (including phenoxy) is 6. The molecular formula is C32H44N6O12. The standard InChI is InChI=1S/C32H44N6O12/c1-22(2)27(39)45-16-11-33-30(42)48-19-14-38(15-20-49-31(43)34-12-17-46-28(40)23(3)4)37-36-26-9-7-25(8-10-26)21-50-32(44)35-13-18-47-29(41)24(5)6/h7-10H,1,3,5,11-21H2,2,4,6H3,(H,33,42)(H,34,43)(H,35,44)/b37-36+. The molecule has 0 bridgehead atoms. The van der Waals surface area contributed by atoms with E-state index in [1.165, 1.54) is 25.8 Å². The molecule has 0 radical (unpaired) electrons. The summed E-state index contributed by atoms with van der Waals surface area (Å²) in [7, 11) is 0. The summed E-state index contributed by atoms with van der Waals surface area (Å²) in [4.78, 5) is 70.0. The Balaban J connectivity index is 2.61. The van der Waals surface area contributed by atoms with E-state index in [1.807, 2.05) is 0 Å². The van der Waals surface area contributed by atoms with Gasteiger partial charge in [-0.05, 0) is 38.5 Å². The summed E-state index contributed by atoms with van der Waals surface area (Å²) in [5.41, 5.74) is 1.81. The molecule has 0 atom stereocenters. The molecule has 18 heteroatoms. The Morgan fingerprint density at radius 1 is 0.580 bits per heavy atom. The Labute approximate surface area is 289 Å². The Morgan fingerprint density at radius 2 is 0.960 bits per heavy atom. The van der Waals surface area contributed by atoms with E-state index < -0.39 is 36.2 Å². The second kappa shape index (κ2) is 24.2. The van der Waals surface area contributed by atoms with Crippen molar-refractivity contribution in [3.63, 3.8) is 0 Å². The van der Waals surface area contributed by atoms with E-state index in [-0.39, 0.29) is 89.1 Å². The van der Waals surface area contributed by atoms with E-state index in [9.17, 15) is 28.8 Å². The van der Waals surface area contributed by atoms with Gasteiger partial charge in [-0.25, -0.2) is 28.8 Å². The third-order valence-electron chi connectivity index (χ3n) is 5.62. The number of nitrogens with one attached hydrogen (secondary N) is 3. The summed E-state index contributed by atoms with van der Waals surface area (Å²) in [6.07, 6.45) is -2.21. The van der Waals surface area contributed by atoms with Crippen molar-refractivity contribution < 1.29 is 57.2 Å². The number of carbonyl (C=O) groups is 6. The number of benzene rings is 1. The number of rotatable bonds is 22. The molecule has 50 heavy (non-hydrogen) atoms. The molecule has 0 saturated carbocycles. The van der Waals surface area contributed by atoms with E-state index >= 15 is 0 Å². The molecule has 0 spiro atoms. The van der Waals surface area contributed by atoms with Crippen LogP contribution in [-0.4, -0.2) is 107 Å². The van der Waals surface area contributed by atoms with Crippen LogP contribution in [0.5, 0.6) is 0 Å². The van der Waals surface area contributed by atoms with Crippen LogP contribution in [0.25, 0.3) is 0 Å². The van der Waals surface area contributed by atoms with Gasteiger partial charge in [0.25, 0.3) is 0 Å². The first kappa shape index (κ1) is 42.1. The minimum absolute atomic E-state index is 0.0231. The second-order valence-electron chi connectivity index (χ2n) is 10.2. The average Bonchev–Trinajstić information content (AvgIpc) is 3.08. The average molecular weight is 705 g/mol. The molecule has 3 amide bonds. The van der Waals surface area contributed by atoms with Gasteiger partial charge in [-0.1, -0.05) is 37.1 Å². The Morgan fingerprint density at radius 3 is 1.34 bits per heavy atom. The summed E-state index contributed by atoms with van der Waals surface area (Å²) in [5, 5.41) is 17.0. The molecule has 1 rings (SSSR count). The normalized spacial score (nSPS) is 10.2. The van der Waals surface area contributed by atoms with E-state index in [0.717, 1.165) is 0 Å². The highest BCUT2D eigenvalue weighted by atomic mass is 16.6. The highest BCUT2D eigenvalue weighted by Gasteiger charge is 2.10. The van der Waals surface area contributed by atoms with Gasteiger partial charge in [-0.15, -0.1) is 5.11 Å². The molecule has 1 aromatic rings. The van der Waals surface area contributed by atoms with Crippen molar-refractivity contribution in [1.29, 1.82) is 0 Å². The molecule has 3 N–H and O–H groups in total. The fourth-order valence-corrected chi connectivity index (χ4v) is 3.02. The molecule has 0 fully saturated rings. The lowest BCUT2D eigenvalue weighted by Crippen LogP contribution is -2.33. The number of hydrogen-bond acceptors (Lipinski definition) is 14. The van der Waals surface area contributed by atoms with Crippen molar-refractivity contribution in [2.75, 3.05) is 65.8 Å². The van der Waals surface area contributed by atoms with Gasteiger partial charge in [0, 0.05) is 16.7 Å². The topological polar surface area (TPSA) is 222 Å². The van der Waals surface area contributed by atoms with Gasteiger partial charge in [0.15, 0.2) is 0 Å². The van der Waals surface area contributed by atoms with Crippen molar-refractivity contribution in [3.8, 4) is 0 Å². The van der Waals surface area contributed by atoms with Crippen LogP contribution >= 0.6 is 0 Å². The predicted octanol–water partition coefficient (Wildman–Crippen LogP) is 3.02. The van der Waals surface area contributed by atoms with Crippen LogP contribution in [0.2, 0.25) is 0 Å². The molecule has 274 valence electrons. The van der Waals surface area contributed by atoms with Gasteiger partial charge in [-0.3, -0.25) is 5.01 Å². The lowest BCUT2D eigenvalue weighted by atomic mass is 10.2. The number of amides is 3. The molecule has 18 nitrogen and oxygen atoms in total. The van der Waals surface area contributed by atoms with Crippen LogP contribution < -0.4 is 16.0 Å². The van der Waals surface area contributed by atoms with Gasteiger partial charge < -0.3 is 44.4 Å². The fourth-order valence-electron chi connectivity index (χ4n) is 3.02. The molecule has 0 aromatic heterocycles. The maximum atomic E-state index is 12.0. The first-order valence-electron chi connectivity index (χ1n) is 15.2. The predicted molar refractivity (Wildman–Crippen MR) is 177 cm³/mol. The number of nitrogens with zero attached hydrogens (tertiary/aromatic N) is 3. The number of carbonyl (C=O) groups excluding carboxylic acids is 6. The van der Waals surface area contributed by atoms with Crippen molar-refractivity contribution >= 4 is 41.9 Å². The highest BCUT2D eigenvalue weighted by molar-refractivity contribution is 5.87. The van der Waals surface area contributed by atoms with Crippen LogP contribution in [0, 0.1) is 0 Å². The van der Waals surface area contributed by atoms with E-state index in [2.05, 4.69) is 46.0 Å². The zero-order valence-electron chi connectivity index (χ0n) is 28.4. The quantitative estimate of drug-likeness (QED) is 0.0395. The summed E-state index contributed by atoms with van der Waals surface area (Å²) in [6.45, 7) is 14.7. The number of hydrogen-bond donors (Lipinski definition) is 3. The summed E-state index contributed by atoms with van der Waals surface area (Å²) < 4.78 is 30.1. The van der Waals surface area contributed by atoms with Gasteiger partial charge >= 0.3 is 36.2 Å². The van der Waals surface area contributed by atoms with E-state index in [4.69, 9.17) is 28.4 Å². The third-order valence-corrected chi connectivity index (χ3v) is 5.62. The van der Waals surface area contributed by atoms with Crippen molar-refractivity contribution in [1.82, 2.24) is 21.0 Å². The zero-order valence-corrected chi connectivity index (χ0v) is 28.4. The van der Waals surface area contributed by atoms with Crippen LogP contribution in [0.15, 0.2) is 71.1 Å². The van der Waals surface area contributed by atoms with Crippen LogP contribution in [0.1, 0.15) is 26.3 Å². The molecule has 0 saturated heterocycles. The summed E-state index contributed by atoms with van der Waals surface area (Å²) >= 11 is 0. The summed E-state index contributed by atoms with van der Waals surface area (Å²) in [5.74, 6) is -1.71. The van der Waals surface area contributed by atoms with Crippen molar-refractivity contribution in [2.24, 2.45) is 10.3 Å². The second-order valence-corrected chi connectivity index (χ2v) is 10.2. The Bertz CT molecular complexity index is 1330. The maximum absolute atomic E-state index is 12.0. The third kappa shape index (κ3) is 20.3. The lowest BCUT2D eigenvalue weighted by Gasteiger charge is -2.18. The highest BCUT2D eigenvalue weighted by Crippen LogP contribution is 2.15. The first-order chi connectivity index (χ1) is 23.8. The van der Waals surface area contributed by atoms with Gasteiger partial charge in [0.05, 0.1) is 38.4 Å². The molecule has 0 heterocycles. The number of esters is 3. The molecule has 1 aromatic carbocycles. The molecule has 0 aliphatic rings. The fraction of sp³-hybridized carbons (Fsp3) is 0.438. The van der Waals surface area contributed by atoms with Crippen molar-refractivity contribution in [2.45, 2.75) is 27.4 Å². The van der Waals surface area contributed by atoms with Crippen molar-refractivity contribution in [3.05, 3.63) is 66.3 Å². The number of alkyl carbamates (subject to hydrolysis) is 3. The Kier molecular flexibility index (Phi) is 20.4. The van der Waals surface area contributed by atoms with Crippen LogP contribution in [0.4, 0.5) is 20.1 Å². The first-order valence-corrected chi connectivity index (χ1v) is 15.2.